The van der Waals surface area contributed by atoms with Gasteiger partial charge in [0, 0.05) is 11.1 Å². The number of rotatable bonds is 4. The van der Waals surface area contributed by atoms with Gasteiger partial charge in [0.15, 0.2) is 5.78 Å². The van der Waals surface area contributed by atoms with Gasteiger partial charge >= 0.3 is 0 Å². The van der Waals surface area contributed by atoms with Crippen molar-refractivity contribution in [3.63, 3.8) is 0 Å². The van der Waals surface area contributed by atoms with Gasteiger partial charge in [-0.05, 0) is 55.5 Å². The minimum atomic E-state index is -0.390. The van der Waals surface area contributed by atoms with Gasteiger partial charge in [0.2, 0.25) is 0 Å². The van der Waals surface area contributed by atoms with E-state index >= 15 is 0 Å². The molecule has 0 unspecified atom stereocenters. The molecule has 0 aliphatic heterocycles. The highest BCUT2D eigenvalue weighted by atomic mass is 19.1. The summed E-state index contributed by atoms with van der Waals surface area (Å²) >= 11 is 0. The summed E-state index contributed by atoms with van der Waals surface area (Å²) in [5.41, 5.74) is 1.96. The van der Waals surface area contributed by atoms with Crippen molar-refractivity contribution in [3.8, 4) is 17.0 Å². The molecule has 4 nitrogen and oxygen atoms in total. The van der Waals surface area contributed by atoms with Gasteiger partial charge in [0.1, 0.15) is 23.0 Å². The maximum absolute atomic E-state index is 13.0. The van der Waals surface area contributed by atoms with Crippen molar-refractivity contribution in [1.29, 1.82) is 0 Å². The van der Waals surface area contributed by atoms with Crippen LogP contribution in [0.4, 0.5) is 4.39 Å². The maximum atomic E-state index is 13.0. The Bertz CT molecular complexity index is 836. The normalized spacial score (nSPS) is 10.6. The van der Waals surface area contributed by atoms with Crippen molar-refractivity contribution in [3.05, 3.63) is 71.2 Å². The molecule has 0 fully saturated rings. The molecular formula is C18H14FNO3. The summed E-state index contributed by atoms with van der Waals surface area (Å²) in [6, 6.07) is 12.6. The van der Waals surface area contributed by atoms with E-state index in [1.807, 2.05) is 0 Å². The molecule has 0 N–H and O–H groups in total. The Morgan fingerprint density at radius 2 is 1.74 bits per heavy atom. The van der Waals surface area contributed by atoms with E-state index in [0.29, 0.717) is 28.3 Å². The number of ether oxygens (including phenoxy) is 1. The average molecular weight is 311 g/mol. The van der Waals surface area contributed by atoms with Crippen LogP contribution in [-0.2, 0) is 0 Å². The number of nitrogens with zero attached hydrogens (tertiary/aromatic N) is 1. The number of hydrogen-bond donors (Lipinski definition) is 0. The molecule has 23 heavy (non-hydrogen) atoms. The molecule has 0 saturated carbocycles. The first-order valence-electron chi connectivity index (χ1n) is 7.01. The van der Waals surface area contributed by atoms with Gasteiger partial charge in [-0.15, -0.1) is 0 Å². The Labute approximate surface area is 132 Å². The molecule has 3 rings (SSSR count). The molecule has 116 valence electrons. The predicted molar refractivity (Wildman–Crippen MR) is 83.1 cm³/mol. The number of carbonyl (C=O) groups is 1. The third kappa shape index (κ3) is 2.85. The molecule has 0 atom stereocenters. The molecule has 0 radical (unpaired) electrons. The van der Waals surface area contributed by atoms with Crippen LogP contribution in [0.1, 0.15) is 21.7 Å². The average Bonchev–Trinajstić information content (AvgIpc) is 2.96. The molecule has 1 aromatic heterocycles. The lowest BCUT2D eigenvalue weighted by atomic mass is 9.98. The van der Waals surface area contributed by atoms with E-state index in [2.05, 4.69) is 5.16 Å². The molecule has 0 amide bonds. The van der Waals surface area contributed by atoms with Crippen LogP contribution < -0.4 is 4.74 Å². The highest BCUT2D eigenvalue weighted by Gasteiger charge is 2.22. The minimum Gasteiger partial charge on any atom is -0.497 e. The van der Waals surface area contributed by atoms with E-state index in [1.54, 1.807) is 38.3 Å². The van der Waals surface area contributed by atoms with Crippen molar-refractivity contribution in [1.82, 2.24) is 5.16 Å². The number of methoxy groups -OCH3 is 1. The van der Waals surface area contributed by atoms with Crippen LogP contribution in [0.25, 0.3) is 11.3 Å². The van der Waals surface area contributed by atoms with Gasteiger partial charge < -0.3 is 9.26 Å². The van der Waals surface area contributed by atoms with Gasteiger partial charge in [-0.25, -0.2) is 4.39 Å². The molecule has 0 bridgehead atoms. The zero-order valence-corrected chi connectivity index (χ0v) is 12.7. The number of carbonyl (C=O) groups excluding carboxylic acids is 1. The third-order valence-electron chi connectivity index (χ3n) is 3.56. The standard InChI is InChI=1S/C18H14FNO3/c1-11-16(18(21)13-3-7-14(19)8-4-13)17(20-23-11)12-5-9-15(22-2)10-6-12/h3-10H,1-2H3. The Morgan fingerprint density at radius 3 is 2.35 bits per heavy atom. The predicted octanol–water partition coefficient (Wildman–Crippen LogP) is 4.03. The minimum absolute atomic E-state index is 0.255. The summed E-state index contributed by atoms with van der Waals surface area (Å²) < 4.78 is 23.4. The fourth-order valence-corrected chi connectivity index (χ4v) is 2.33. The van der Waals surface area contributed by atoms with Gasteiger partial charge in [-0.3, -0.25) is 4.79 Å². The number of aryl methyl sites for hydroxylation is 1. The lowest BCUT2D eigenvalue weighted by molar-refractivity contribution is 0.103. The number of halogens is 1. The summed E-state index contributed by atoms with van der Waals surface area (Å²) in [6.07, 6.45) is 0. The lowest BCUT2D eigenvalue weighted by Gasteiger charge is -2.04. The molecular weight excluding hydrogens is 297 g/mol. The molecule has 3 aromatic rings. The van der Waals surface area contributed by atoms with E-state index in [4.69, 9.17) is 9.26 Å². The van der Waals surface area contributed by atoms with Crippen LogP contribution in [0, 0.1) is 12.7 Å². The second-order valence-corrected chi connectivity index (χ2v) is 5.03. The number of aromatic nitrogens is 1. The van der Waals surface area contributed by atoms with Gasteiger partial charge in [0.05, 0.1) is 12.7 Å². The van der Waals surface area contributed by atoms with Crippen LogP contribution in [-0.4, -0.2) is 18.0 Å². The van der Waals surface area contributed by atoms with E-state index in [-0.39, 0.29) is 11.6 Å². The van der Waals surface area contributed by atoms with E-state index in [1.165, 1.54) is 24.3 Å². The van der Waals surface area contributed by atoms with E-state index in [0.717, 1.165) is 5.56 Å². The van der Waals surface area contributed by atoms with Crippen molar-refractivity contribution in [2.45, 2.75) is 6.92 Å². The van der Waals surface area contributed by atoms with E-state index < -0.39 is 0 Å². The summed E-state index contributed by atoms with van der Waals surface area (Å²) in [7, 11) is 1.58. The topological polar surface area (TPSA) is 52.3 Å². The highest BCUT2D eigenvalue weighted by molar-refractivity contribution is 6.12. The molecule has 0 spiro atoms. The SMILES string of the molecule is COc1ccc(-c2noc(C)c2C(=O)c2ccc(F)cc2)cc1. The van der Waals surface area contributed by atoms with Crippen molar-refractivity contribution in [2.24, 2.45) is 0 Å². The number of hydrogen-bond acceptors (Lipinski definition) is 4. The van der Waals surface area contributed by atoms with Crippen molar-refractivity contribution < 1.29 is 18.4 Å². The van der Waals surface area contributed by atoms with E-state index in [9.17, 15) is 9.18 Å². The van der Waals surface area contributed by atoms with Crippen LogP contribution in [0.15, 0.2) is 53.1 Å². The molecule has 0 saturated heterocycles. The van der Waals surface area contributed by atoms with Crippen molar-refractivity contribution >= 4 is 5.78 Å². The Balaban J connectivity index is 2.04. The lowest BCUT2D eigenvalue weighted by Crippen LogP contribution is -2.04. The second kappa shape index (κ2) is 6.04. The smallest absolute Gasteiger partial charge is 0.198 e. The highest BCUT2D eigenvalue weighted by Crippen LogP contribution is 2.28. The van der Waals surface area contributed by atoms with Crippen LogP contribution in [0.3, 0.4) is 0 Å². The fraction of sp³-hybridized carbons (Fsp3) is 0.111. The first-order valence-corrected chi connectivity index (χ1v) is 7.01. The number of benzene rings is 2. The van der Waals surface area contributed by atoms with Crippen LogP contribution in [0.2, 0.25) is 0 Å². The first kappa shape index (κ1) is 15.0. The molecule has 1 heterocycles. The van der Waals surface area contributed by atoms with Crippen molar-refractivity contribution in [2.75, 3.05) is 7.11 Å². The first-order chi connectivity index (χ1) is 11.1. The monoisotopic (exact) mass is 311 g/mol. The van der Waals surface area contributed by atoms with Gasteiger partial charge in [-0.2, -0.15) is 0 Å². The Hall–Kier alpha value is -2.95. The zero-order valence-electron chi connectivity index (χ0n) is 12.7. The molecule has 0 aliphatic carbocycles. The maximum Gasteiger partial charge on any atom is 0.198 e. The largest absolute Gasteiger partial charge is 0.497 e. The molecule has 0 aliphatic rings. The summed E-state index contributed by atoms with van der Waals surface area (Å²) in [5, 5.41) is 3.99. The molecule has 5 heteroatoms. The van der Waals surface area contributed by atoms with Gasteiger partial charge in [-0.1, -0.05) is 5.16 Å². The quantitative estimate of drug-likeness (QED) is 0.683. The van der Waals surface area contributed by atoms with Gasteiger partial charge in [0.25, 0.3) is 0 Å². The molecule has 2 aromatic carbocycles. The summed E-state index contributed by atoms with van der Waals surface area (Å²) in [5.74, 6) is 0.485. The summed E-state index contributed by atoms with van der Waals surface area (Å²) in [6.45, 7) is 1.68. The van der Waals surface area contributed by atoms with Crippen LogP contribution in [0.5, 0.6) is 5.75 Å². The number of ketones is 1. The zero-order chi connectivity index (χ0) is 16.4. The summed E-state index contributed by atoms with van der Waals surface area (Å²) in [4.78, 5) is 12.7. The fourth-order valence-electron chi connectivity index (χ4n) is 2.33. The Kier molecular flexibility index (Phi) is 3.93. The second-order valence-electron chi connectivity index (χ2n) is 5.03. The third-order valence-corrected chi connectivity index (χ3v) is 3.56. The van der Waals surface area contributed by atoms with Crippen LogP contribution >= 0.6 is 0 Å². The Morgan fingerprint density at radius 1 is 1.09 bits per heavy atom.